The Labute approximate surface area is 182 Å². The zero-order chi connectivity index (χ0) is 22.1. The standard InChI is InChI=1S/C25H41NO4/c1-7-25(28,8-2)16-30-23-11-17-9-10-26-15-18(14-24(3,4)5)21(27)13-20(26)19(17)12-22(23)29-6/h11-12,18,20-21,27-28H,7-10,13-16H2,1-6H3. The molecule has 0 radical (unpaired) electrons. The van der Waals surface area contributed by atoms with Gasteiger partial charge in [-0.3, -0.25) is 4.90 Å². The van der Waals surface area contributed by atoms with Gasteiger partial charge in [0.2, 0.25) is 0 Å². The van der Waals surface area contributed by atoms with Crippen molar-refractivity contribution in [3.8, 4) is 11.5 Å². The summed E-state index contributed by atoms with van der Waals surface area (Å²) in [5, 5.41) is 21.5. The van der Waals surface area contributed by atoms with Crippen LogP contribution in [0.1, 0.15) is 77.5 Å². The molecule has 0 bridgehead atoms. The van der Waals surface area contributed by atoms with Crippen molar-refractivity contribution in [3.05, 3.63) is 23.3 Å². The predicted octanol–water partition coefficient (Wildman–Crippen LogP) is 4.34. The second kappa shape index (κ2) is 9.05. The molecular weight excluding hydrogens is 378 g/mol. The van der Waals surface area contributed by atoms with Crippen LogP contribution in [0.4, 0.5) is 0 Å². The number of rotatable bonds is 7. The zero-order valence-electron chi connectivity index (χ0n) is 19.7. The van der Waals surface area contributed by atoms with E-state index < -0.39 is 5.60 Å². The molecule has 5 heteroatoms. The zero-order valence-corrected chi connectivity index (χ0v) is 19.7. The van der Waals surface area contributed by atoms with E-state index in [0.717, 1.165) is 32.4 Å². The van der Waals surface area contributed by atoms with Gasteiger partial charge in [-0.1, -0.05) is 34.6 Å². The van der Waals surface area contributed by atoms with Gasteiger partial charge < -0.3 is 19.7 Å². The van der Waals surface area contributed by atoms with Gasteiger partial charge in [0.15, 0.2) is 11.5 Å². The number of hydrogen-bond acceptors (Lipinski definition) is 5. The summed E-state index contributed by atoms with van der Waals surface area (Å²) in [6.07, 6.45) is 3.81. The lowest BCUT2D eigenvalue weighted by Crippen LogP contribution is -2.48. The van der Waals surface area contributed by atoms with Gasteiger partial charge in [-0.2, -0.15) is 0 Å². The highest BCUT2D eigenvalue weighted by Gasteiger charge is 2.40. The molecule has 2 N–H and O–H groups in total. The van der Waals surface area contributed by atoms with E-state index in [-0.39, 0.29) is 24.2 Å². The van der Waals surface area contributed by atoms with Crippen LogP contribution in [0.15, 0.2) is 12.1 Å². The highest BCUT2D eigenvalue weighted by atomic mass is 16.5. The molecule has 5 nitrogen and oxygen atoms in total. The number of piperidine rings is 1. The van der Waals surface area contributed by atoms with Crippen LogP contribution in [-0.4, -0.2) is 53.6 Å². The van der Waals surface area contributed by atoms with E-state index in [0.29, 0.717) is 30.3 Å². The molecule has 3 unspecified atom stereocenters. The molecule has 30 heavy (non-hydrogen) atoms. The number of hydrogen-bond donors (Lipinski definition) is 2. The van der Waals surface area contributed by atoms with Crippen LogP contribution in [0.3, 0.4) is 0 Å². The molecule has 0 aliphatic carbocycles. The highest BCUT2D eigenvalue weighted by molar-refractivity contribution is 5.49. The average molecular weight is 420 g/mol. The maximum Gasteiger partial charge on any atom is 0.161 e. The molecule has 3 rings (SSSR count). The van der Waals surface area contributed by atoms with Crippen molar-refractivity contribution < 1.29 is 19.7 Å². The monoisotopic (exact) mass is 419 g/mol. The van der Waals surface area contributed by atoms with E-state index in [9.17, 15) is 10.2 Å². The summed E-state index contributed by atoms with van der Waals surface area (Å²) in [4.78, 5) is 2.54. The smallest absolute Gasteiger partial charge is 0.161 e. The molecule has 170 valence electrons. The molecule has 2 aliphatic rings. The van der Waals surface area contributed by atoms with Crippen molar-refractivity contribution in [2.45, 2.75) is 84.5 Å². The third-order valence-electron chi connectivity index (χ3n) is 7.06. The molecule has 0 amide bonds. The van der Waals surface area contributed by atoms with Crippen molar-refractivity contribution in [2.24, 2.45) is 11.3 Å². The van der Waals surface area contributed by atoms with Crippen LogP contribution >= 0.6 is 0 Å². The van der Waals surface area contributed by atoms with Gasteiger partial charge in [0, 0.05) is 19.1 Å². The number of methoxy groups -OCH3 is 1. The average Bonchev–Trinajstić information content (AvgIpc) is 2.71. The van der Waals surface area contributed by atoms with Crippen molar-refractivity contribution >= 4 is 0 Å². The molecule has 0 aromatic heterocycles. The van der Waals surface area contributed by atoms with E-state index in [1.165, 1.54) is 11.1 Å². The number of fused-ring (bicyclic) bond motifs is 3. The van der Waals surface area contributed by atoms with E-state index in [4.69, 9.17) is 9.47 Å². The minimum Gasteiger partial charge on any atom is -0.493 e. The number of benzene rings is 1. The van der Waals surface area contributed by atoms with E-state index in [1.807, 2.05) is 13.8 Å². The Hall–Kier alpha value is -1.30. The summed E-state index contributed by atoms with van der Waals surface area (Å²) in [7, 11) is 1.66. The minimum absolute atomic E-state index is 0.223. The summed E-state index contributed by atoms with van der Waals surface area (Å²) in [6.45, 7) is 12.9. The van der Waals surface area contributed by atoms with Crippen LogP contribution in [-0.2, 0) is 6.42 Å². The Morgan fingerprint density at radius 2 is 1.83 bits per heavy atom. The normalized spacial score (nSPS) is 24.9. The Balaban J connectivity index is 1.80. The van der Waals surface area contributed by atoms with Crippen LogP contribution in [0.2, 0.25) is 0 Å². The lowest BCUT2D eigenvalue weighted by Gasteiger charge is -2.47. The number of aliphatic hydroxyl groups is 2. The minimum atomic E-state index is -0.812. The maximum absolute atomic E-state index is 10.9. The topological polar surface area (TPSA) is 62.2 Å². The Kier molecular flexibility index (Phi) is 7.05. The first-order valence-corrected chi connectivity index (χ1v) is 11.6. The summed E-state index contributed by atoms with van der Waals surface area (Å²) in [6, 6.07) is 4.41. The molecule has 1 aromatic carbocycles. The fraction of sp³-hybridized carbons (Fsp3) is 0.760. The SMILES string of the molecule is CCC(O)(CC)COc1cc2c(cc1OC)C1CC(O)C(CC(C)(C)C)CN1CC2. The Morgan fingerprint density at radius 1 is 1.13 bits per heavy atom. The third kappa shape index (κ3) is 5.12. The Bertz CT molecular complexity index is 723. The van der Waals surface area contributed by atoms with Gasteiger partial charge in [0.25, 0.3) is 0 Å². The number of aliphatic hydroxyl groups excluding tert-OH is 1. The molecular formula is C25H41NO4. The van der Waals surface area contributed by atoms with Crippen molar-refractivity contribution in [2.75, 3.05) is 26.8 Å². The molecule has 2 heterocycles. The molecule has 3 atom stereocenters. The lowest BCUT2D eigenvalue weighted by atomic mass is 9.75. The molecule has 1 fully saturated rings. The number of ether oxygens (including phenoxy) is 2. The number of nitrogens with zero attached hydrogens (tertiary/aromatic N) is 1. The second-order valence-corrected chi connectivity index (χ2v) is 10.5. The van der Waals surface area contributed by atoms with Crippen LogP contribution in [0, 0.1) is 11.3 Å². The van der Waals surface area contributed by atoms with E-state index >= 15 is 0 Å². The van der Waals surface area contributed by atoms with Gasteiger partial charge in [-0.25, -0.2) is 0 Å². The van der Waals surface area contributed by atoms with E-state index in [2.05, 4.69) is 37.8 Å². The largest absolute Gasteiger partial charge is 0.493 e. The fourth-order valence-corrected chi connectivity index (χ4v) is 5.03. The van der Waals surface area contributed by atoms with Gasteiger partial charge in [0.1, 0.15) is 6.61 Å². The van der Waals surface area contributed by atoms with Crippen molar-refractivity contribution in [1.82, 2.24) is 4.90 Å². The molecule has 0 saturated carbocycles. The fourth-order valence-electron chi connectivity index (χ4n) is 5.03. The van der Waals surface area contributed by atoms with Crippen molar-refractivity contribution in [1.29, 1.82) is 0 Å². The van der Waals surface area contributed by atoms with Gasteiger partial charge in [-0.15, -0.1) is 0 Å². The second-order valence-electron chi connectivity index (χ2n) is 10.5. The van der Waals surface area contributed by atoms with Crippen LogP contribution < -0.4 is 9.47 Å². The summed E-state index contributed by atoms with van der Waals surface area (Å²) in [5.74, 6) is 1.73. The highest BCUT2D eigenvalue weighted by Crippen LogP contribution is 2.44. The first-order chi connectivity index (χ1) is 14.1. The first-order valence-electron chi connectivity index (χ1n) is 11.6. The molecule has 1 saturated heterocycles. The third-order valence-corrected chi connectivity index (χ3v) is 7.06. The summed E-state index contributed by atoms with van der Waals surface area (Å²) in [5.41, 5.74) is 1.93. The van der Waals surface area contributed by atoms with Gasteiger partial charge in [0.05, 0.1) is 18.8 Å². The molecule has 2 aliphatic heterocycles. The predicted molar refractivity (Wildman–Crippen MR) is 120 cm³/mol. The van der Waals surface area contributed by atoms with Gasteiger partial charge >= 0.3 is 0 Å². The lowest BCUT2D eigenvalue weighted by molar-refractivity contribution is -0.0261. The summed E-state index contributed by atoms with van der Waals surface area (Å²) >= 11 is 0. The molecule has 1 aromatic rings. The molecule has 0 spiro atoms. The van der Waals surface area contributed by atoms with Crippen LogP contribution in [0.5, 0.6) is 11.5 Å². The Morgan fingerprint density at radius 3 is 2.43 bits per heavy atom. The first kappa shape index (κ1) is 23.4. The quantitative estimate of drug-likeness (QED) is 0.688. The maximum atomic E-state index is 10.9. The summed E-state index contributed by atoms with van der Waals surface area (Å²) < 4.78 is 11.7. The van der Waals surface area contributed by atoms with Crippen LogP contribution in [0.25, 0.3) is 0 Å². The van der Waals surface area contributed by atoms with Crippen molar-refractivity contribution in [3.63, 3.8) is 0 Å². The van der Waals surface area contributed by atoms with E-state index in [1.54, 1.807) is 7.11 Å². The van der Waals surface area contributed by atoms with Gasteiger partial charge in [-0.05, 0) is 66.7 Å².